The second-order valence-corrected chi connectivity index (χ2v) is 3.38. The van der Waals surface area contributed by atoms with Crippen LogP contribution in [0.5, 0.6) is 0 Å². The molecule has 0 amide bonds. The van der Waals surface area contributed by atoms with Gasteiger partial charge in [0.25, 0.3) is 0 Å². The van der Waals surface area contributed by atoms with Crippen molar-refractivity contribution in [3.63, 3.8) is 0 Å². The Kier molecular flexibility index (Phi) is 1.27. The zero-order valence-electron chi connectivity index (χ0n) is 6.39. The first-order chi connectivity index (χ1) is 4.67. The molecule has 0 unspecified atom stereocenters. The van der Waals surface area contributed by atoms with Crippen molar-refractivity contribution in [1.82, 2.24) is 5.32 Å². The highest BCUT2D eigenvalue weighted by Gasteiger charge is 2.41. The molecule has 2 fully saturated rings. The van der Waals surface area contributed by atoms with Crippen LogP contribution in [0.25, 0.3) is 0 Å². The van der Waals surface area contributed by atoms with Crippen molar-refractivity contribution >= 4 is 0 Å². The Morgan fingerprint density at radius 1 is 1.50 bits per heavy atom. The molecule has 0 aromatic rings. The Balaban J connectivity index is 1.92. The molecule has 2 saturated heterocycles. The topological polar surface area (TPSA) is 40.4 Å². The van der Waals surface area contributed by atoms with Gasteiger partial charge in [0.2, 0.25) is 0 Å². The fourth-order valence-electron chi connectivity index (χ4n) is 1.24. The summed E-state index contributed by atoms with van der Waals surface area (Å²) < 4.78 is 11.0. The van der Waals surface area contributed by atoms with Crippen LogP contribution >= 0.6 is 0 Å². The third-order valence-electron chi connectivity index (χ3n) is 1.92. The first kappa shape index (κ1) is 6.58. The van der Waals surface area contributed by atoms with E-state index in [1.54, 1.807) is 0 Å². The quantitative estimate of drug-likeness (QED) is 0.530. The minimum atomic E-state index is -0.352. The van der Waals surface area contributed by atoms with Crippen molar-refractivity contribution in [1.29, 1.82) is 0 Å². The van der Waals surface area contributed by atoms with Crippen LogP contribution in [0.15, 0.2) is 0 Å². The fourth-order valence-corrected chi connectivity index (χ4v) is 1.24. The molecule has 0 spiro atoms. The van der Waals surface area contributed by atoms with Gasteiger partial charge in [0.05, 0.1) is 6.61 Å². The molecule has 10 heavy (non-hydrogen) atoms. The second kappa shape index (κ2) is 1.94. The van der Waals surface area contributed by atoms with Crippen LogP contribution in [0.2, 0.25) is 0 Å². The van der Waals surface area contributed by atoms with E-state index < -0.39 is 0 Å². The van der Waals surface area contributed by atoms with Gasteiger partial charge in [0.1, 0.15) is 6.10 Å². The maximum absolute atomic E-state index is 5.59. The van der Waals surface area contributed by atoms with Gasteiger partial charge in [-0.05, 0) is 13.8 Å². The van der Waals surface area contributed by atoms with Gasteiger partial charge in [0, 0.05) is 12.6 Å². The molecule has 2 atom stereocenters. The van der Waals surface area contributed by atoms with Crippen molar-refractivity contribution in [2.24, 2.45) is 0 Å². The summed E-state index contributed by atoms with van der Waals surface area (Å²) in [5.41, 5.74) is 0. The summed E-state index contributed by atoms with van der Waals surface area (Å²) in [7, 11) is 0. The van der Waals surface area contributed by atoms with Gasteiger partial charge in [-0.3, -0.25) is 0 Å². The summed E-state index contributed by atoms with van der Waals surface area (Å²) in [6, 6.07) is 0.557. The highest BCUT2D eigenvalue weighted by atomic mass is 16.7. The third-order valence-corrected chi connectivity index (χ3v) is 1.92. The Morgan fingerprint density at radius 3 is 2.60 bits per heavy atom. The normalized spacial score (nSPS) is 43.8. The van der Waals surface area contributed by atoms with E-state index >= 15 is 0 Å². The van der Waals surface area contributed by atoms with Gasteiger partial charge in [-0.15, -0.1) is 0 Å². The molecule has 3 heteroatoms. The molecule has 2 aliphatic heterocycles. The van der Waals surface area contributed by atoms with Crippen LogP contribution in [0.3, 0.4) is 0 Å². The number of hydrogen-bond acceptors (Lipinski definition) is 3. The standard InChI is InChI=1S/C7H13NO2/c1-7(2)9-4-6(10-7)5-3-8-5/h5-6,8H,3-4H2,1-2H3/t5-,6-/m0/s1. The summed E-state index contributed by atoms with van der Waals surface area (Å²) in [6.45, 7) is 5.74. The summed E-state index contributed by atoms with van der Waals surface area (Å²) in [5.74, 6) is -0.352. The van der Waals surface area contributed by atoms with E-state index in [1.165, 1.54) is 0 Å². The number of nitrogens with one attached hydrogen (secondary N) is 1. The highest BCUT2D eigenvalue weighted by molar-refractivity contribution is 4.94. The Labute approximate surface area is 60.7 Å². The molecule has 0 bridgehead atoms. The Hall–Kier alpha value is -0.120. The highest BCUT2D eigenvalue weighted by Crippen LogP contribution is 2.26. The van der Waals surface area contributed by atoms with E-state index in [0.29, 0.717) is 6.04 Å². The van der Waals surface area contributed by atoms with Gasteiger partial charge in [-0.1, -0.05) is 0 Å². The molecule has 0 aliphatic carbocycles. The van der Waals surface area contributed by atoms with Gasteiger partial charge >= 0.3 is 0 Å². The summed E-state index contributed by atoms with van der Waals surface area (Å²) in [5, 5.41) is 3.21. The molecule has 58 valence electrons. The Bertz CT molecular complexity index is 143. The maximum atomic E-state index is 5.59. The minimum absolute atomic E-state index is 0.287. The largest absolute Gasteiger partial charge is 0.348 e. The Morgan fingerprint density at radius 2 is 2.20 bits per heavy atom. The predicted molar refractivity (Wildman–Crippen MR) is 36.7 cm³/mol. The van der Waals surface area contributed by atoms with E-state index in [2.05, 4.69) is 5.32 Å². The number of rotatable bonds is 1. The lowest BCUT2D eigenvalue weighted by Crippen LogP contribution is -2.25. The van der Waals surface area contributed by atoms with E-state index in [4.69, 9.17) is 9.47 Å². The monoisotopic (exact) mass is 143 g/mol. The first-order valence-corrected chi connectivity index (χ1v) is 3.72. The molecule has 0 aromatic carbocycles. The van der Waals surface area contributed by atoms with Crippen molar-refractivity contribution in [3.05, 3.63) is 0 Å². The van der Waals surface area contributed by atoms with Crippen molar-refractivity contribution < 1.29 is 9.47 Å². The van der Waals surface area contributed by atoms with E-state index in [0.717, 1.165) is 13.2 Å². The van der Waals surface area contributed by atoms with Crippen LogP contribution in [-0.4, -0.2) is 31.1 Å². The van der Waals surface area contributed by atoms with Gasteiger partial charge in [-0.25, -0.2) is 0 Å². The average molecular weight is 143 g/mol. The molecular formula is C7H13NO2. The van der Waals surface area contributed by atoms with Crippen molar-refractivity contribution in [2.45, 2.75) is 31.8 Å². The SMILES string of the molecule is CC1(C)OC[C@@H]([C@@H]2CN2)O1. The van der Waals surface area contributed by atoms with Crippen molar-refractivity contribution in [3.8, 4) is 0 Å². The zero-order chi connectivity index (χ0) is 7.19. The second-order valence-electron chi connectivity index (χ2n) is 3.38. The molecule has 0 radical (unpaired) electrons. The molecule has 0 saturated carbocycles. The van der Waals surface area contributed by atoms with E-state index in [-0.39, 0.29) is 11.9 Å². The van der Waals surface area contributed by atoms with Crippen molar-refractivity contribution in [2.75, 3.05) is 13.2 Å². The van der Waals surface area contributed by atoms with Gasteiger partial charge in [0.15, 0.2) is 5.79 Å². The van der Waals surface area contributed by atoms with Crippen LogP contribution in [0.1, 0.15) is 13.8 Å². The summed E-state index contributed by atoms with van der Waals surface area (Å²) >= 11 is 0. The van der Waals surface area contributed by atoms with E-state index in [1.807, 2.05) is 13.8 Å². The summed E-state index contributed by atoms with van der Waals surface area (Å²) in [6.07, 6.45) is 0.287. The van der Waals surface area contributed by atoms with Crippen LogP contribution in [0, 0.1) is 0 Å². The van der Waals surface area contributed by atoms with Crippen LogP contribution in [-0.2, 0) is 9.47 Å². The first-order valence-electron chi connectivity index (χ1n) is 3.72. The molecule has 0 aromatic heterocycles. The maximum Gasteiger partial charge on any atom is 0.163 e. The molecule has 2 rings (SSSR count). The molecule has 2 heterocycles. The smallest absolute Gasteiger partial charge is 0.163 e. The third kappa shape index (κ3) is 1.17. The number of ether oxygens (including phenoxy) is 2. The van der Waals surface area contributed by atoms with Gasteiger partial charge < -0.3 is 14.8 Å². The van der Waals surface area contributed by atoms with Crippen LogP contribution < -0.4 is 5.32 Å². The molecule has 1 N–H and O–H groups in total. The number of hydrogen-bond donors (Lipinski definition) is 1. The predicted octanol–water partition coefficient (Wildman–Crippen LogP) is 0.110. The average Bonchev–Trinajstić information content (AvgIpc) is 2.59. The lowest BCUT2D eigenvalue weighted by Gasteiger charge is -2.16. The van der Waals surface area contributed by atoms with Crippen LogP contribution in [0.4, 0.5) is 0 Å². The fraction of sp³-hybridized carbons (Fsp3) is 1.00. The molecular weight excluding hydrogens is 130 g/mol. The lowest BCUT2D eigenvalue weighted by molar-refractivity contribution is -0.138. The van der Waals surface area contributed by atoms with E-state index in [9.17, 15) is 0 Å². The van der Waals surface area contributed by atoms with Gasteiger partial charge in [-0.2, -0.15) is 0 Å². The molecule has 3 nitrogen and oxygen atoms in total. The summed E-state index contributed by atoms with van der Waals surface area (Å²) in [4.78, 5) is 0. The zero-order valence-corrected chi connectivity index (χ0v) is 6.39. The molecule has 2 aliphatic rings. The lowest BCUT2D eigenvalue weighted by atomic mass is 10.3. The minimum Gasteiger partial charge on any atom is -0.348 e.